The van der Waals surface area contributed by atoms with Gasteiger partial charge in [-0.05, 0) is 50.9 Å². The van der Waals surface area contributed by atoms with Crippen molar-refractivity contribution in [2.75, 3.05) is 44.2 Å². The lowest BCUT2D eigenvalue weighted by Gasteiger charge is -2.45. The quantitative estimate of drug-likeness (QED) is 0.840. The molecule has 0 radical (unpaired) electrons. The highest BCUT2D eigenvalue weighted by molar-refractivity contribution is 5.46. The fraction of sp³-hybridized carbons (Fsp3) is 0.714. The van der Waals surface area contributed by atoms with E-state index in [-0.39, 0.29) is 0 Å². The topological polar surface area (TPSA) is 9.72 Å². The molecule has 0 atom stereocenters. The number of benzene rings is 1. The molecule has 132 valence electrons. The third-order valence-corrected chi connectivity index (χ3v) is 6.54. The Labute approximate surface area is 147 Å². The molecule has 3 heteroatoms. The summed E-state index contributed by atoms with van der Waals surface area (Å²) in [6.07, 6.45) is 10.1. The first-order valence-corrected chi connectivity index (χ1v) is 10.2. The van der Waals surface area contributed by atoms with Crippen LogP contribution in [0.3, 0.4) is 0 Å². The summed E-state index contributed by atoms with van der Waals surface area (Å²) in [5, 5.41) is 0. The number of para-hydroxylation sites is 1. The molecule has 0 N–H and O–H groups in total. The first kappa shape index (κ1) is 16.4. The molecule has 0 aromatic heterocycles. The van der Waals surface area contributed by atoms with Crippen LogP contribution in [0.4, 0.5) is 5.69 Å². The number of piperazine rings is 1. The number of anilines is 1. The van der Waals surface area contributed by atoms with Crippen LogP contribution in [0.5, 0.6) is 0 Å². The molecule has 1 aromatic carbocycles. The van der Waals surface area contributed by atoms with Gasteiger partial charge in [0.05, 0.1) is 0 Å². The molecule has 0 amide bonds. The lowest BCUT2D eigenvalue weighted by atomic mass is 9.91. The van der Waals surface area contributed by atoms with Crippen LogP contribution >= 0.6 is 0 Å². The van der Waals surface area contributed by atoms with E-state index in [9.17, 15) is 0 Å². The van der Waals surface area contributed by atoms with E-state index in [1.807, 2.05) is 0 Å². The molecule has 4 rings (SSSR count). The summed E-state index contributed by atoms with van der Waals surface area (Å²) >= 11 is 0. The van der Waals surface area contributed by atoms with Crippen LogP contribution in [0.1, 0.15) is 44.9 Å². The van der Waals surface area contributed by atoms with Gasteiger partial charge in [0.2, 0.25) is 0 Å². The van der Waals surface area contributed by atoms with Crippen LogP contribution in [-0.2, 0) is 0 Å². The SMILES string of the molecule is c1ccc(N2CCN(C3CCN(C4CCCCC4)CC3)CC2)cc1. The molecule has 1 aromatic rings. The van der Waals surface area contributed by atoms with Crippen LogP contribution in [-0.4, -0.2) is 61.2 Å². The first-order valence-electron chi connectivity index (χ1n) is 10.2. The van der Waals surface area contributed by atoms with E-state index in [4.69, 9.17) is 0 Å². The van der Waals surface area contributed by atoms with Crippen molar-refractivity contribution in [1.29, 1.82) is 0 Å². The Hall–Kier alpha value is -1.06. The Morgan fingerprint density at radius 3 is 1.83 bits per heavy atom. The van der Waals surface area contributed by atoms with Crippen molar-refractivity contribution in [2.45, 2.75) is 57.0 Å². The third kappa shape index (κ3) is 3.78. The lowest BCUT2D eigenvalue weighted by molar-refractivity contribution is 0.0678. The van der Waals surface area contributed by atoms with Gasteiger partial charge in [-0.3, -0.25) is 4.90 Å². The molecule has 3 nitrogen and oxygen atoms in total. The lowest BCUT2D eigenvalue weighted by Crippen LogP contribution is -2.54. The smallest absolute Gasteiger partial charge is 0.0367 e. The minimum atomic E-state index is 0.836. The number of hydrogen-bond donors (Lipinski definition) is 0. The number of hydrogen-bond acceptors (Lipinski definition) is 3. The zero-order valence-corrected chi connectivity index (χ0v) is 15.1. The van der Waals surface area contributed by atoms with Gasteiger partial charge in [0.1, 0.15) is 0 Å². The van der Waals surface area contributed by atoms with Crippen molar-refractivity contribution in [1.82, 2.24) is 9.80 Å². The molecular weight excluding hydrogens is 294 g/mol. The average Bonchev–Trinajstić information content (AvgIpc) is 2.70. The molecule has 0 spiro atoms. The summed E-state index contributed by atoms with van der Waals surface area (Å²) in [6, 6.07) is 12.7. The molecule has 2 heterocycles. The molecule has 2 saturated heterocycles. The summed E-state index contributed by atoms with van der Waals surface area (Å²) in [7, 11) is 0. The molecule has 2 aliphatic heterocycles. The third-order valence-electron chi connectivity index (χ3n) is 6.54. The summed E-state index contributed by atoms with van der Waals surface area (Å²) in [6.45, 7) is 7.54. The summed E-state index contributed by atoms with van der Waals surface area (Å²) < 4.78 is 0. The summed E-state index contributed by atoms with van der Waals surface area (Å²) in [4.78, 5) is 8.14. The first-order chi connectivity index (χ1) is 11.9. The van der Waals surface area contributed by atoms with E-state index in [0.29, 0.717) is 0 Å². The van der Waals surface area contributed by atoms with Gasteiger partial charge < -0.3 is 9.80 Å². The van der Waals surface area contributed by atoms with Crippen molar-refractivity contribution < 1.29 is 0 Å². The highest BCUT2D eigenvalue weighted by Gasteiger charge is 2.30. The van der Waals surface area contributed by atoms with Gasteiger partial charge in [-0.25, -0.2) is 0 Å². The normalized spacial score (nSPS) is 25.9. The van der Waals surface area contributed by atoms with Gasteiger partial charge in [-0.2, -0.15) is 0 Å². The number of likely N-dealkylation sites (tertiary alicyclic amines) is 1. The maximum absolute atomic E-state index is 2.82. The predicted molar refractivity (Wildman–Crippen MR) is 102 cm³/mol. The molecular formula is C21H33N3. The molecule has 3 aliphatic rings. The van der Waals surface area contributed by atoms with Gasteiger partial charge in [-0.15, -0.1) is 0 Å². The van der Waals surface area contributed by atoms with Crippen molar-refractivity contribution in [3.63, 3.8) is 0 Å². The molecule has 3 fully saturated rings. The molecule has 24 heavy (non-hydrogen) atoms. The molecule has 1 aliphatic carbocycles. The van der Waals surface area contributed by atoms with E-state index < -0.39 is 0 Å². The van der Waals surface area contributed by atoms with E-state index in [0.717, 1.165) is 12.1 Å². The van der Waals surface area contributed by atoms with Crippen LogP contribution in [0.25, 0.3) is 0 Å². The Morgan fingerprint density at radius 1 is 0.583 bits per heavy atom. The summed E-state index contributed by atoms with van der Waals surface area (Å²) in [5.74, 6) is 0. The average molecular weight is 328 g/mol. The molecule has 0 bridgehead atoms. The van der Waals surface area contributed by atoms with Crippen molar-refractivity contribution in [3.8, 4) is 0 Å². The van der Waals surface area contributed by atoms with E-state index in [1.54, 1.807) is 0 Å². The number of piperidine rings is 1. The number of rotatable bonds is 3. The predicted octanol–water partition coefficient (Wildman–Crippen LogP) is 3.61. The fourth-order valence-electron chi connectivity index (χ4n) is 5.05. The van der Waals surface area contributed by atoms with Gasteiger partial charge in [0.25, 0.3) is 0 Å². The summed E-state index contributed by atoms with van der Waals surface area (Å²) in [5.41, 5.74) is 1.39. The number of nitrogens with zero attached hydrogens (tertiary/aromatic N) is 3. The Kier molecular flexibility index (Phi) is 5.39. The molecule has 1 saturated carbocycles. The maximum Gasteiger partial charge on any atom is 0.0367 e. The largest absolute Gasteiger partial charge is 0.369 e. The van der Waals surface area contributed by atoms with E-state index in [2.05, 4.69) is 45.0 Å². The zero-order valence-electron chi connectivity index (χ0n) is 15.1. The van der Waals surface area contributed by atoms with E-state index in [1.165, 1.54) is 89.9 Å². The second-order valence-corrected chi connectivity index (χ2v) is 7.92. The standard InChI is InChI=1S/C21H33N3/c1-3-7-19(8-4-1)22-13-11-21(12-14-22)24-17-15-23(16-18-24)20-9-5-2-6-10-20/h2,5-6,9-10,19,21H,1,3-4,7-8,11-18H2. The van der Waals surface area contributed by atoms with Gasteiger partial charge >= 0.3 is 0 Å². The van der Waals surface area contributed by atoms with Crippen LogP contribution in [0, 0.1) is 0 Å². The monoisotopic (exact) mass is 327 g/mol. The second kappa shape index (κ2) is 7.88. The van der Waals surface area contributed by atoms with Crippen molar-refractivity contribution in [3.05, 3.63) is 30.3 Å². The van der Waals surface area contributed by atoms with Gasteiger partial charge in [-0.1, -0.05) is 37.5 Å². The van der Waals surface area contributed by atoms with Crippen molar-refractivity contribution >= 4 is 5.69 Å². The minimum absolute atomic E-state index is 0.836. The highest BCUT2D eigenvalue weighted by Crippen LogP contribution is 2.27. The molecule has 0 unspecified atom stereocenters. The highest BCUT2D eigenvalue weighted by atomic mass is 15.3. The Morgan fingerprint density at radius 2 is 1.17 bits per heavy atom. The Bertz CT molecular complexity index is 481. The fourth-order valence-corrected chi connectivity index (χ4v) is 5.05. The second-order valence-electron chi connectivity index (χ2n) is 7.92. The van der Waals surface area contributed by atoms with Crippen LogP contribution < -0.4 is 4.90 Å². The maximum atomic E-state index is 2.82. The van der Waals surface area contributed by atoms with Gasteiger partial charge in [0.15, 0.2) is 0 Å². The van der Waals surface area contributed by atoms with Crippen molar-refractivity contribution in [2.24, 2.45) is 0 Å². The van der Waals surface area contributed by atoms with Gasteiger partial charge in [0, 0.05) is 44.0 Å². The van der Waals surface area contributed by atoms with Crippen LogP contribution in [0.2, 0.25) is 0 Å². The van der Waals surface area contributed by atoms with E-state index >= 15 is 0 Å². The van der Waals surface area contributed by atoms with Crippen LogP contribution in [0.15, 0.2) is 30.3 Å². The zero-order chi connectivity index (χ0) is 16.2. The minimum Gasteiger partial charge on any atom is -0.369 e. The Balaban J connectivity index is 1.24.